The second kappa shape index (κ2) is 7.65. The van der Waals surface area contributed by atoms with Crippen LogP contribution >= 0.6 is 0 Å². The van der Waals surface area contributed by atoms with Crippen LogP contribution in [0, 0.1) is 0 Å². The quantitative estimate of drug-likeness (QED) is 0.806. The molecule has 5 nitrogen and oxygen atoms in total. The van der Waals surface area contributed by atoms with Gasteiger partial charge < -0.3 is 15.0 Å². The van der Waals surface area contributed by atoms with Crippen LogP contribution in [-0.2, 0) is 20.5 Å². The number of alkyl halides is 3. The molecule has 1 aliphatic rings. The summed E-state index contributed by atoms with van der Waals surface area (Å²) in [6.45, 7) is 2.96. The lowest BCUT2D eigenvalue weighted by molar-refractivity contribution is -0.137. The zero-order valence-corrected chi connectivity index (χ0v) is 13.2. The van der Waals surface area contributed by atoms with Crippen LogP contribution in [0.1, 0.15) is 25.3 Å². The van der Waals surface area contributed by atoms with Gasteiger partial charge in [-0.05, 0) is 37.6 Å². The van der Waals surface area contributed by atoms with Crippen molar-refractivity contribution < 1.29 is 27.5 Å². The molecule has 0 bridgehead atoms. The number of amides is 2. The van der Waals surface area contributed by atoms with E-state index in [1.165, 1.54) is 17.0 Å². The predicted molar refractivity (Wildman–Crippen MR) is 81.5 cm³/mol. The topological polar surface area (TPSA) is 58.6 Å². The van der Waals surface area contributed by atoms with Gasteiger partial charge in [0.2, 0.25) is 11.8 Å². The molecule has 1 aliphatic heterocycles. The Morgan fingerprint density at radius 2 is 2.00 bits per heavy atom. The van der Waals surface area contributed by atoms with E-state index >= 15 is 0 Å². The molecule has 1 N–H and O–H groups in total. The van der Waals surface area contributed by atoms with Gasteiger partial charge in [0.1, 0.15) is 6.04 Å². The normalized spacial score (nSPS) is 18.1. The molecule has 8 heteroatoms. The van der Waals surface area contributed by atoms with Crippen LogP contribution in [0.2, 0.25) is 0 Å². The molecule has 0 aliphatic carbocycles. The summed E-state index contributed by atoms with van der Waals surface area (Å²) in [4.78, 5) is 25.4. The van der Waals surface area contributed by atoms with Crippen molar-refractivity contribution in [1.82, 2.24) is 5.32 Å². The lowest BCUT2D eigenvalue weighted by Gasteiger charge is -2.18. The van der Waals surface area contributed by atoms with Crippen LogP contribution in [-0.4, -0.2) is 37.6 Å². The minimum Gasteiger partial charge on any atom is -0.381 e. The van der Waals surface area contributed by atoms with Gasteiger partial charge in [-0.1, -0.05) is 0 Å². The summed E-state index contributed by atoms with van der Waals surface area (Å²) in [6, 6.07) is 3.76. The van der Waals surface area contributed by atoms with Gasteiger partial charge >= 0.3 is 6.18 Å². The molecule has 0 radical (unpaired) electrons. The van der Waals surface area contributed by atoms with Crippen LogP contribution < -0.4 is 10.2 Å². The smallest absolute Gasteiger partial charge is 0.381 e. The Kier molecular flexibility index (Phi) is 5.82. The standard InChI is InChI=1S/C16H19F3N2O3/c1-2-24-10-8-14(22)20-13-7-9-21(15(13)23)12-5-3-11(4-6-12)16(17,18)19/h3-6,13H,2,7-10H2,1H3,(H,20,22)/t13-/m0/s1. The van der Waals surface area contributed by atoms with Gasteiger partial charge in [-0.15, -0.1) is 0 Å². The highest BCUT2D eigenvalue weighted by Gasteiger charge is 2.34. The average molecular weight is 344 g/mol. The van der Waals surface area contributed by atoms with Crippen molar-refractivity contribution in [3.8, 4) is 0 Å². The summed E-state index contributed by atoms with van der Waals surface area (Å²) >= 11 is 0. The Morgan fingerprint density at radius 1 is 1.33 bits per heavy atom. The summed E-state index contributed by atoms with van der Waals surface area (Å²) in [5.41, 5.74) is -0.377. The Morgan fingerprint density at radius 3 is 2.58 bits per heavy atom. The Hall–Kier alpha value is -2.09. The number of rotatable bonds is 6. The van der Waals surface area contributed by atoms with Gasteiger partial charge in [-0.3, -0.25) is 9.59 Å². The van der Waals surface area contributed by atoms with Crippen molar-refractivity contribution in [3.63, 3.8) is 0 Å². The third-order valence-corrected chi connectivity index (χ3v) is 3.72. The molecule has 1 aromatic carbocycles. The van der Waals surface area contributed by atoms with Crippen molar-refractivity contribution in [1.29, 1.82) is 0 Å². The summed E-state index contributed by atoms with van der Waals surface area (Å²) in [6.07, 6.45) is -3.83. The third kappa shape index (κ3) is 4.47. The Bertz CT molecular complexity index is 587. The SMILES string of the molecule is CCOCCC(=O)N[C@H]1CCN(c2ccc(C(F)(F)F)cc2)C1=O. The van der Waals surface area contributed by atoms with Gasteiger partial charge in [-0.25, -0.2) is 0 Å². The minimum atomic E-state index is -4.41. The van der Waals surface area contributed by atoms with Crippen molar-refractivity contribution in [3.05, 3.63) is 29.8 Å². The minimum absolute atomic E-state index is 0.165. The maximum Gasteiger partial charge on any atom is 0.416 e. The van der Waals surface area contributed by atoms with Gasteiger partial charge in [0, 0.05) is 25.3 Å². The number of hydrogen-bond donors (Lipinski definition) is 1. The molecule has 0 unspecified atom stereocenters. The molecule has 1 heterocycles. The van der Waals surface area contributed by atoms with E-state index in [4.69, 9.17) is 4.74 Å². The van der Waals surface area contributed by atoms with Gasteiger partial charge in [-0.2, -0.15) is 13.2 Å². The van der Waals surface area contributed by atoms with Gasteiger partial charge in [0.05, 0.1) is 12.2 Å². The lowest BCUT2D eigenvalue weighted by atomic mass is 10.2. The van der Waals surface area contributed by atoms with E-state index in [2.05, 4.69) is 5.32 Å². The number of anilines is 1. The van der Waals surface area contributed by atoms with Crippen LogP contribution in [0.3, 0.4) is 0 Å². The summed E-state index contributed by atoms with van der Waals surface area (Å²) in [7, 11) is 0. The molecule has 1 aromatic rings. The summed E-state index contributed by atoms with van der Waals surface area (Å²) in [5, 5.41) is 2.63. The third-order valence-electron chi connectivity index (χ3n) is 3.72. The molecule has 24 heavy (non-hydrogen) atoms. The van der Waals surface area contributed by atoms with Crippen LogP contribution in [0.4, 0.5) is 18.9 Å². The largest absolute Gasteiger partial charge is 0.416 e. The Labute approximate surface area is 137 Å². The van der Waals surface area contributed by atoms with E-state index in [1.54, 1.807) is 0 Å². The number of ether oxygens (including phenoxy) is 1. The lowest BCUT2D eigenvalue weighted by Crippen LogP contribution is -2.41. The fourth-order valence-electron chi connectivity index (χ4n) is 2.48. The zero-order valence-electron chi connectivity index (χ0n) is 13.2. The van der Waals surface area contributed by atoms with E-state index in [9.17, 15) is 22.8 Å². The summed E-state index contributed by atoms with van der Waals surface area (Å²) < 4.78 is 42.8. The maximum absolute atomic E-state index is 12.6. The molecule has 132 valence electrons. The zero-order chi connectivity index (χ0) is 17.7. The Balaban J connectivity index is 1.95. The first-order valence-electron chi connectivity index (χ1n) is 7.68. The van der Waals surface area contributed by atoms with E-state index < -0.39 is 17.8 Å². The molecule has 1 atom stereocenters. The second-order valence-electron chi connectivity index (χ2n) is 5.39. The van der Waals surface area contributed by atoms with E-state index in [1.807, 2.05) is 6.92 Å². The molecular formula is C16H19F3N2O3. The molecular weight excluding hydrogens is 325 g/mol. The number of nitrogens with zero attached hydrogens (tertiary/aromatic N) is 1. The molecule has 0 aromatic heterocycles. The first kappa shape index (κ1) is 18.3. The highest BCUT2D eigenvalue weighted by atomic mass is 19.4. The van der Waals surface area contributed by atoms with Crippen molar-refractivity contribution in [2.75, 3.05) is 24.7 Å². The van der Waals surface area contributed by atoms with Gasteiger partial charge in [0.25, 0.3) is 0 Å². The van der Waals surface area contributed by atoms with Crippen LogP contribution in [0.5, 0.6) is 0 Å². The molecule has 0 spiro atoms. The second-order valence-corrected chi connectivity index (χ2v) is 5.39. The highest BCUT2D eigenvalue weighted by Crippen LogP contribution is 2.31. The summed E-state index contributed by atoms with van der Waals surface area (Å²) in [5.74, 6) is -0.601. The monoisotopic (exact) mass is 344 g/mol. The number of hydrogen-bond acceptors (Lipinski definition) is 3. The van der Waals surface area contributed by atoms with E-state index in [-0.39, 0.29) is 24.8 Å². The van der Waals surface area contributed by atoms with E-state index in [0.717, 1.165) is 12.1 Å². The predicted octanol–water partition coefficient (Wildman–Crippen LogP) is 2.35. The number of carbonyl (C=O) groups excluding carboxylic acids is 2. The highest BCUT2D eigenvalue weighted by molar-refractivity contribution is 6.01. The molecule has 2 rings (SSSR count). The number of halogens is 3. The van der Waals surface area contributed by atoms with Gasteiger partial charge in [0.15, 0.2) is 0 Å². The van der Waals surface area contributed by atoms with Crippen molar-refractivity contribution in [2.45, 2.75) is 32.0 Å². The first-order chi connectivity index (χ1) is 11.3. The molecule has 1 saturated heterocycles. The van der Waals surface area contributed by atoms with E-state index in [0.29, 0.717) is 25.3 Å². The fourth-order valence-corrected chi connectivity index (χ4v) is 2.48. The molecule has 0 saturated carbocycles. The van der Waals surface area contributed by atoms with Crippen molar-refractivity contribution in [2.24, 2.45) is 0 Å². The number of carbonyl (C=O) groups is 2. The molecule has 1 fully saturated rings. The number of nitrogens with one attached hydrogen (secondary N) is 1. The van der Waals surface area contributed by atoms with Crippen LogP contribution in [0.25, 0.3) is 0 Å². The average Bonchev–Trinajstić information content (AvgIpc) is 2.88. The molecule has 2 amide bonds. The van der Waals surface area contributed by atoms with Crippen LogP contribution in [0.15, 0.2) is 24.3 Å². The fraction of sp³-hybridized carbons (Fsp3) is 0.500. The first-order valence-corrected chi connectivity index (χ1v) is 7.68. The number of benzene rings is 1. The van der Waals surface area contributed by atoms with Crippen molar-refractivity contribution >= 4 is 17.5 Å². The maximum atomic E-state index is 12.6.